The van der Waals surface area contributed by atoms with Crippen molar-refractivity contribution in [2.45, 2.75) is 199 Å². The summed E-state index contributed by atoms with van der Waals surface area (Å²) in [5.41, 5.74) is 0. The Kier molecular flexibility index (Phi) is 27.4. The van der Waals surface area contributed by atoms with E-state index in [9.17, 15) is 9.59 Å². The summed E-state index contributed by atoms with van der Waals surface area (Å²) >= 11 is 0. The summed E-state index contributed by atoms with van der Waals surface area (Å²) in [6.07, 6.45) is 30.7. The van der Waals surface area contributed by atoms with Crippen LogP contribution in [0.4, 0.5) is 0 Å². The quantitative estimate of drug-likeness (QED) is 0.0921. The van der Waals surface area contributed by atoms with Gasteiger partial charge >= 0.3 is 0 Å². The van der Waals surface area contributed by atoms with Gasteiger partial charge in [0.25, 0.3) is 11.8 Å². The fraction of sp³-hybridized carbons (Fsp3) is 0.714. The van der Waals surface area contributed by atoms with Crippen molar-refractivity contribution in [3.63, 3.8) is 0 Å². The van der Waals surface area contributed by atoms with Gasteiger partial charge in [-0.2, -0.15) is 0 Å². The molecule has 0 aliphatic carbocycles. The topological polar surface area (TPSA) is 95.1 Å². The molecule has 0 saturated heterocycles. The van der Waals surface area contributed by atoms with Crippen LogP contribution in [0.5, 0.6) is 23.0 Å². The Morgan fingerprint density at radius 1 is 0.439 bits per heavy atom. The van der Waals surface area contributed by atoms with Crippen LogP contribution in [0, 0.1) is 0 Å². The molecular formula is C49H80N2O6. The van der Waals surface area contributed by atoms with Gasteiger partial charge in [0, 0.05) is 19.5 Å². The second kappa shape index (κ2) is 32.5. The number of rotatable bonds is 26. The highest BCUT2D eigenvalue weighted by molar-refractivity contribution is 5.82. The maximum absolute atomic E-state index is 13.6. The predicted octanol–water partition coefficient (Wildman–Crippen LogP) is 12.5. The minimum Gasteiger partial charge on any atom is -0.490 e. The zero-order valence-electron chi connectivity index (χ0n) is 36.1. The van der Waals surface area contributed by atoms with Gasteiger partial charge in [-0.1, -0.05) is 179 Å². The van der Waals surface area contributed by atoms with Crippen LogP contribution in [-0.2, 0) is 9.59 Å². The largest absolute Gasteiger partial charge is 0.490 e. The van der Waals surface area contributed by atoms with Crippen molar-refractivity contribution in [1.82, 2.24) is 10.6 Å². The molecule has 2 aromatic carbocycles. The third-order valence-corrected chi connectivity index (χ3v) is 11.0. The second-order valence-corrected chi connectivity index (χ2v) is 16.1. The van der Waals surface area contributed by atoms with E-state index in [1.54, 1.807) is 0 Å². The van der Waals surface area contributed by atoms with Crippen molar-refractivity contribution in [1.29, 1.82) is 0 Å². The van der Waals surface area contributed by atoms with Gasteiger partial charge in [-0.25, -0.2) is 0 Å². The van der Waals surface area contributed by atoms with Crippen LogP contribution >= 0.6 is 0 Å². The molecule has 0 spiro atoms. The lowest BCUT2D eigenvalue weighted by Crippen LogP contribution is -2.44. The van der Waals surface area contributed by atoms with Crippen LogP contribution in [0.3, 0.4) is 0 Å². The van der Waals surface area contributed by atoms with E-state index < -0.39 is 12.2 Å². The molecule has 1 aliphatic rings. The minimum atomic E-state index is -0.657. The van der Waals surface area contributed by atoms with E-state index in [0.717, 1.165) is 25.7 Å². The fourth-order valence-corrected chi connectivity index (χ4v) is 7.49. The number of hydrogen-bond donors (Lipinski definition) is 2. The number of unbranched alkanes of at least 4 members (excludes halogenated alkanes) is 22. The maximum Gasteiger partial charge on any atom is 0.261 e. The number of carbonyl (C=O) groups is 2. The Morgan fingerprint density at radius 3 is 1.07 bits per heavy atom. The first kappa shape index (κ1) is 48.0. The van der Waals surface area contributed by atoms with Gasteiger partial charge in [0.1, 0.15) is 0 Å². The van der Waals surface area contributed by atoms with Crippen molar-refractivity contribution < 1.29 is 28.5 Å². The Morgan fingerprint density at radius 2 is 0.737 bits per heavy atom. The van der Waals surface area contributed by atoms with Crippen molar-refractivity contribution in [2.24, 2.45) is 0 Å². The molecule has 0 aromatic heterocycles. The summed E-state index contributed by atoms with van der Waals surface area (Å²) in [5, 5.41) is 6.07. The van der Waals surface area contributed by atoms with E-state index in [1.165, 1.54) is 128 Å². The average Bonchev–Trinajstić information content (AvgIpc) is 3.22. The lowest BCUT2D eigenvalue weighted by Gasteiger charge is -2.21. The normalized spacial score (nSPS) is 16.9. The SMILES string of the molecule is CCCCCCCCCCCCCCC1Oc2ccccc2OCCCOc2ccccc2OC(CCCCCCCCCCCCCC)C(=O)NCCNC1=O. The van der Waals surface area contributed by atoms with E-state index in [4.69, 9.17) is 18.9 Å². The summed E-state index contributed by atoms with van der Waals surface area (Å²) in [7, 11) is 0. The molecule has 1 heterocycles. The molecule has 8 heteroatoms. The standard InChI is InChI=1S/C49H80N2O6/c1-3-5-7-9-11-13-15-17-19-21-23-25-36-46-48(52)50-38-39-51-49(53)47(37-26-24-22-20-18-16-14-12-10-8-6-4-2)57-45-35-30-28-33-43(45)55-41-31-40-54-42-32-27-29-34-44(42)56-46/h27-30,32-35,46-47H,3-26,31,36-41H2,1-2H3,(H,50,52)(H,51,53). The monoisotopic (exact) mass is 793 g/mol. The van der Waals surface area contributed by atoms with Crippen molar-refractivity contribution in [3.8, 4) is 23.0 Å². The van der Waals surface area contributed by atoms with Crippen LogP contribution in [0.15, 0.2) is 48.5 Å². The highest BCUT2D eigenvalue weighted by Crippen LogP contribution is 2.30. The first-order valence-electron chi connectivity index (χ1n) is 23.4. The number of para-hydroxylation sites is 4. The molecule has 0 radical (unpaired) electrons. The molecule has 3 rings (SSSR count). The first-order valence-corrected chi connectivity index (χ1v) is 23.4. The summed E-state index contributed by atoms with van der Waals surface area (Å²) < 4.78 is 25.1. The molecule has 2 N–H and O–H groups in total. The fourth-order valence-electron chi connectivity index (χ4n) is 7.49. The van der Waals surface area contributed by atoms with E-state index in [2.05, 4.69) is 24.5 Å². The van der Waals surface area contributed by atoms with E-state index >= 15 is 0 Å². The first-order chi connectivity index (χ1) is 28.1. The van der Waals surface area contributed by atoms with E-state index in [1.807, 2.05) is 48.5 Å². The van der Waals surface area contributed by atoms with Gasteiger partial charge in [-0.3, -0.25) is 9.59 Å². The number of ether oxygens (including phenoxy) is 4. The molecule has 322 valence electrons. The lowest BCUT2D eigenvalue weighted by molar-refractivity contribution is -0.130. The molecule has 2 atom stereocenters. The number of hydrogen-bond acceptors (Lipinski definition) is 6. The highest BCUT2D eigenvalue weighted by Gasteiger charge is 2.24. The molecule has 2 aromatic rings. The Bertz CT molecular complexity index is 1210. The maximum atomic E-state index is 13.6. The van der Waals surface area contributed by atoms with Crippen LogP contribution < -0.4 is 29.6 Å². The third kappa shape index (κ3) is 22.4. The summed E-state index contributed by atoms with van der Waals surface area (Å²) in [6, 6.07) is 15.1. The van der Waals surface area contributed by atoms with Crippen molar-refractivity contribution >= 4 is 11.8 Å². The Balaban J connectivity index is 1.53. The van der Waals surface area contributed by atoms with Crippen molar-refractivity contribution in [2.75, 3.05) is 26.3 Å². The Labute approximate surface area is 347 Å². The summed E-state index contributed by atoms with van der Waals surface area (Å²) in [5.74, 6) is 1.99. The summed E-state index contributed by atoms with van der Waals surface area (Å²) in [6.45, 7) is 5.97. The van der Waals surface area contributed by atoms with Gasteiger partial charge in [-0.15, -0.1) is 0 Å². The molecule has 2 amide bonds. The number of fused-ring (bicyclic) bond motifs is 2. The van der Waals surface area contributed by atoms with Crippen molar-refractivity contribution in [3.05, 3.63) is 48.5 Å². The molecule has 2 unspecified atom stereocenters. The molecule has 8 nitrogen and oxygen atoms in total. The molecule has 0 bridgehead atoms. The van der Waals surface area contributed by atoms with Gasteiger partial charge in [0.15, 0.2) is 35.2 Å². The third-order valence-electron chi connectivity index (χ3n) is 11.0. The van der Waals surface area contributed by atoms with Crippen LogP contribution in [-0.4, -0.2) is 50.3 Å². The van der Waals surface area contributed by atoms with Crippen LogP contribution in [0.25, 0.3) is 0 Å². The highest BCUT2D eigenvalue weighted by atomic mass is 16.5. The van der Waals surface area contributed by atoms with Gasteiger partial charge in [0.2, 0.25) is 0 Å². The number of carbonyl (C=O) groups excluding carboxylic acids is 2. The van der Waals surface area contributed by atoms with Crippen LogP contribution in [0.2, 0.25) is 0 Å². The van der Waals surface area contributed by atoms with E-state index in [-0.39, 0.29) is 11.8 Å². The zero-order chi connectivity index (χ0) is 40.4. The zero-order valence-corrected chi connectivity index (χ0v) is 36.1. The van der Waals surface area contributed by atoms with Gasteiger partial charge in [-0.05, 0) is 49.9 Å². The Hall–Kier alpha value is -3.42. The van der Waals surface area contributed by atoms with Gasteiger partial charge in [0.05, 0.1) is 13.2 Å². The average molecular weight is 793 g/mol. The van der Waals surface area contributed by atoms with Gasteiger partial charge < -0.3 is 29.6 Å². The summed E-state index contributed by atoms with van der Waals surface area (Å²) in [4.78, 5) is 27.2. The lowest BCUT2D eigenvalue weighted by atomic mass is 10.0. The predicted molar refractivity (Wildman–Crippen MR) is 235 cm³/mol. The molecule has 0 fully saturated rings. The molecular weight excluding hydrogens is 713 g/mol. The molecule has 57 heavy (non-hydrogen) atoms. The smallest absolute Gasteiger partial charge is 0.261 e. The molecule has 0 saturated carbocycles. The second-order valence-electron chi connectivity index (χ2n) is 16.1. The minimum absolute atomic E-state index is 0.174. The molecule has 1 aliphatic heterocycles. The number of nitrogens with one attached hydrogen (secondary N) is 2. The van der Waals surface area contributed by atoms with Crippen LogP contribution in [0.1, 0.15) is 187 Å². The van der Waals surface area contributed by atoms with E-state index in [0.29, 0.717) is 68.6 Å². The number of benzene rings is 2. The number of amides is 2.